The predicted octanol–water partition coefficient (Wildman–Crippen LogP) is 0.615. The van der Waals surface area contributed by atoms with Gasteiger partial charge in [-0.3, -0.25) is 0 Å². The van der Waals surface area contributed by atoms with Crippen LogP contribution >= 0.6 is 0 Å². The maximum absolute atomic E-state index is 12.3. The molecular formula is C19H28INO4. The number of furan rings is 1. The lowest BCUT2D eigenvalue weighted by atomic mass is 10.2. The second kappa shape index (κ2) is 9.54. The molecule has 0 saturated heterocycles. The van der Waals surface area contributed by atoms with Gasteiger partial charge in [0.25, 0.3) is 0 Å². The van der Waals surface area contributed by atoms with Crippen molar-refractivity contribution >= 4 is 16.9 Å². The van der Waals surface area contributed by atoms with Crippen LogP contribution in [0.4, 0.5) is 0 Å². The number of rotatable bonds is 8. The smallest absolute Gasteiger partial charge is 0.374 e. The summed E-state index contributed by atoms with van der Waals surface area (Å²) in [7, 11) is 6.36. The van der Waals surface area contributed by atoms with Gasteiger partial charge in [-0.25, -0.2) is 4.79 Å². The Bertz CT molecular complexity index is 690. The molecule has 1 unspecified atom stereocenters. The standard InChI is InChI=1S/C19H28NO4.HI/c1-6-22-13-15-7-8-17-16(11-15)12-18(24-17)19(21)23-14(2)9-10-20(3,4)5;/h7-8,11-12,14H,6,9-10,13H2,1-5H3;1H/q+1;/p-1. The Balaban J connectivity index is 0.00000312. The van der Waals surface area contributed by atoms with E-state index >= 15 is 0 Å². The lowest BCUT2D eigenvalue weighted by Gasteiger charge is -2.25. The molecule has 0 bridgehead atoms. The fourth-order valence-corrected chi connectivity index (χ4v) is 2.37. The molecule has 0 aliphatic carbocycles. The molecule has 0 radical (unpaired) electrons. The van der Waals surface area contributed by atoms with E-state index < -0.39 is 5.97 Å². The highest BCUT2D eigenvalue weighted by atomic mass is 127. The van der Waals surface area contributed by atoms with E-state index in [4.69, 9.17) is 13.9 Å². The molecule has 1 aromatic heterocycles. The van der Waals surface area contributed by atoms with Crippen LogP contribution in [-0.4, -0.2) is 50.9 Å². The minimum Gasteiger partial charge on any atom is -1.00 e. The maximum atomic E-state index is 12.3. The van der Waals surface area contributed by atoms with E-state index in [2.05, 4.69) is 21.1 Å². The molecule has 5 nitrogen and oxygen atoms in total. The normalized spacial score (nSPS) is 12.7. The van der Waals surface area contributed by atoms with Crippen molar-refractivity contribution in [2.75, 3.05) is 34.3 Å². The molecule has 1 aromatic carbocycles. The molecule has 0 spiro atoms. The van der Waals surface area contributed by atoms with E-state index in [9.17, 15) is 4.79 Å². The van der Waals surface area contributed by atoms with Gasteiger partial charge in [-0.1, -0.05) is 6.07 Å². The summed E-state index contributed by atoms with van der Waals surface area (Å²) in [6, 6.07) is 7.52. The van der Waals surface area contributed by atoms with Gasteiger partial charge in [0, 0.05) is 18.4 Å². The van der Waals surface area contributed by atoms with Crippen molar-refractivity contribution in [1.29, 1.82) is 0 Å². The van der Waals surface area contributed by atoms with Crippen LogP contribution in [0.3, 0.4) is 0 Å². The highest BCUT2D eigenvalue weighted by Crippen LogP contribution is 2.22. The lowest BCUT2D eigenvalue weighted by molar-refractivity contribution is -0.870. The third-order valence-electron chi connectivity index (χ3n) is 3.77. The van der Waals surface area contributed by atoms with Crippen molar-refractivity contribution in [3.8, 4) is 0 Å². The van der Waals surface area contributed by atoms with Gasteiger partial charge in [0.1, 0.15) is 11.7 Å². The summed E-state index contributed by atoms with van der Waals surface area (Å²) < 4.78 is 17.4. The molecule has 6 heteroatoms. The molecule has 0 aliphatic rings. The van der Waals surface area contributed by atoms with Crippen LogP contribution < -0.4 is 24.0 Å². The van der Waals surface area contributed by atoms with Crippen LogP contribution in [0.25, 0.3) is 11.0 Å². The summed E-state index contributed by atoms with van der Waals surface area (Å²) in [4.78, 5) is 12.3. The highest BCUT2D eigenvalue weighted by Gasteiger charge is 2.19. The molecule has 0 aliphatic heterocycles. The number of carbonyl (C=O) groups excluding carboxylic acids is 1. The zero-order valence-electron chi connectivity index (χ0n) is 15.7. The summed E-state index contributed by atoms with van der Waals surface area (Å²) in [6.45, 7) is 6.04. The lowest BCUT2D eigenvalue weighted by Crippen LogP contribution is -3.00. The van der Waals surface area contributed by atoms with Crippen LogP contribution in [0.2, 0.25) is 0 Å². The summed E-state index contributed by atoms with van der Waals surface area (Å²) >= 11 is 0. The van der Waals surface area contributed by atoms with Crippen molar-refractivity contribution in [2.24, 2.45) is 0 Å². The first-order valence-electron chi connectivity index (χ1n) is 8.40. The predicted molar refractivity (Wildman–Crippen MR) is 93.9 cm³/mol. The largest absolute Gasteiger partial charge is 1.00 e. The van der Waals surface area contributed by atoms with Gasteiger partial charge in [0.2, 0.25) is 5.76 Å². The zero-order valence-corrected chi connectivity index (χ0v) is 17.8. The fraction of sp³-hybridized carbons (Fsp3) is 0.526. The average Bonchev–Trinajstić information content (AvgIpc) is 2.93. The van der Waals surface area contributed by atoms with E-state index in [-0.39, 0.29) is 35.8 Å². The van der Waals surface area contributed by atoms with Crippen molar-refractivity contribution < 1.29 is 47.1 Å². The first-order valence-corrected chi connectivity index (χ1v) is 8.40. The second-order valence-electron chi connectivity index (χ2n) is 7.14. The van der Waals surface area contributed by atoms with Gasteiger partial charge in [-0.2, -0.15) is 0 Å². The molecule has 0 fully saturated rings. The molecule has 140 valence electrons. The van der Waals surface area contributed by atoms with Crippen LogP contribution in [-0.2, 0) is 16.1 Å². The minimum absolute atomic E-state index is 0. The number of hydrogen-bond donors (Lipinski definition) is 0. The number of fused-ring (bicyclic) bond motifs is 1. The van der Waals surface area contributed by atoms with Gasteiger partial charge in [-0.05, 0) is 37.6 Å². The Morgan fingerprint density at radius 1 is 1.24 bits per heavy atom. The van der Waals surface area contributed by atoms with Crippen LogP contribution in [0.15, 0.2) is 28.7 Å². The molecule has 0 saturated carbocycles. The molecule has 2 aromatic rings. The van der Waals surface area contributed by atoms with E-state index in [1.165, 1.54) is 0 Å². The average molecular weight is 461 g/mol. The first-order chi connectivity index (χ1) is 11.3. The number of ether oxygens (including phenoxy) is 2. The van der Waals surface area contributed by atoms with E-state index in [1.54, 1.807) is 6.07 Å². The van der Waals surface area contributed by atoms with Crippen LogP contribution in [0, 0.1) is 0 Å². The number of esters is 1. The SMILES string of the molecule is CCOCc1ccc2oc(C(=O)OC(C)CC[N+](C)(C)C)cc2c1.[I-]. The first kappa shape index (κ1) is 21.9. The van der Waals surface area contributed by atoms with Crippen molar-refractivity contribution in [1.82, 2.24) is 0 Å². The van der Waals surface area contributed by atoms with E-state index in [0.717, 1.165) is 28.4 Å². The third-order valence-corrected chi connectivity index (χ3v) is 3.77. The second-order valence-corrected chi connectivity index (χ2v) is 7.14. The van der Waals surface area contributed by atoms with Crippen molar-refractivity contribution in [3.05, 3.63) is 35.6 Å². The zero-order chi connectivity index (χ0) is 17.7. The van der Waals surface area contributed by atoms with Gasteiger partial charge in [-0.15, -0.1) is 0 Å². The molecule has 2 rings (SSSR count). The number of carbonyl (C=O) groups is 1. The molecule has 25 heavy (non-hydrogen) atoms. The Hall–Kier alpha value is -1.12. The Morgan fingerprint density at radius 2 is 1.96 bits per heavy atom. The topological polar surface area (TPSA) is 48.7 Å². The number of benzene rings is 1. The molecule has 1 atom stereocenters. The third kappa shape index (κ3) is 6.95. The van der Waals surface area contributed by atoms with Crippen molar-refractivity contribution in [3.63, 3.8) is 0 Å². The summed E-state index contributed by atoms with van der Waals surface area (Å²) in [5, 5.41) is 0.887. The molecule has 1 heterocycles. The van der Waals surface area contributed by atoms with E-state index in [1.807, 2.05) is 32.0 Å². The summed E-state index contributed by atoms with van der Waals surface area (Å²) in [5.41, 5.74) is 1.74. The minimum atomic E-state index is -0.411. The fourth-order valence-electron chi connectivity index (χ4n) is 2.37. The van der Waals surface area contributed by atoms with Gasteiger partial charge < -0.3 is 42.4 Å². The molecular weight excluding hydrogens is 433 g/mol. The van der Waals surface area contributed by atoms with Gasteiger partial charge >= 0.3 is 5.97 Å². The maximum Gasteiger partial charge on any atom is 0.374 e. The Kier molecular flexibility index (Phi) is 8.37. The van der Waals surface area contributed by atoms with Crippen molar-refractivity contribution in [2.45, 2.75) is 33.0 Å². The number of halogens is 1. The van der Waals surface area contributed by atoms with Crippen LogP contribution in [0.1, 0.15) is 36.4 Å². The van der Waals surface area contributed by atoms with E-state index in [0.29, 0.717) is 18.8 Å². The Labute approximate surface area is 166 Å². The monoisotopic (exact) mass is 461 g/mol. The van der Waals surface area contributed by atoms with Gasteiger partial charge in [0.15, 0.2) is 0 Å². The Morgan fingerprint density at radius 3 is 2.60 bits per heavy atom. The number of quaternary nitrogens is 1. The number of hydrogen-bond acceptors (Lipinski definition) is 4. The molecule has 0 amide bonds. The quantitative estimate of drug-likeness (QED) is 0.329. The highest BCUT2D eigenvalue weighted by molar-refractivity contribution is 5.92. The number of nitrogens with zero attached hydrogens (tertiary/aromatic N) is 1. The van der Waals surface area contributed by atoms with Crippen LogP contribution in [0.5, 0.6) is 0 Å². The molecule has 0 N–H and O–H groups in total. The summed E-state index contributed by atoms with van der Waals surface area (Å²) in [6.07, 6.45) is 0.671. The summed E-state index contributed by atoms with van der Waals surface area (Å²) in [5.74, 6) is -0.165. The van der Waals surface area contributed by atoms with Gasteiger partial charge in [0.05, 0.1) is 34.3 Å².